The summed E-state index contributed by atoms with van der Waals surface area (Å²) in [5.41, 5.74) is 0.926. The number of fused-ring (bicyclic) bond motifs is 1. The lowest BCUT2D eigenvalue weighted by Crippen LogP contribution is -2.16. The molecule has 0 aliphatic heterocycles. The lowest BCUT2D eigenvalue weighted by molar-refractivity contribution is 0.596. The van der Waals surface area contributed by atoms with Crippen LogP contribution in [0.4, 0.5) is 5.82 Å². The van der Waals surface area contributed by atoms with E-state index in [1.807, 2.05) is 43.3 Å². The quantitative estimate of drug-likeness (QED) is 0.506. The van der Waals surface area contributed by atoms with Gasteiger partial charge in [-0.05, 0) is 25.1 Å². The van der Waals surface area contributed by atoms with Gasteiger partial charge in [0, 0.05) is 17.0 Å². The van der Waals surface area contributed by atoms with Crippen molar-refractivity contribution < 1.29 is 8.42 Å². The van der Waals surface area contributed by atoms with Crippen LogP contribution in [0, 0.1) is 6.92 Å². The number of nitrogens with one attached hydrogen (secondary N) is 1. The molecular weight excluding hydrogens is 390 g/mol. The van der Waals surface area contributed by atoms with Crippen LogP contribution in [0.2, 0.25) is 0 Å². The van der Waals surface area contributed by atoms with Crippen molar-refractivity contribution in [3.63, 3.8) is 0 Å². The van der Waals surface area contributed by atoms with Crippen molar-refractivity contribution in [2.24, 2.45) is 0 Å². The molecule has 2 aromatic carbocycles. The van der Waals surface area contributed by atoms with Gasteiger partial charge in [0.15, 0.2) is 15.7 Å². The molecule has 0 saturated heterocycles. The van der Waals surface area contributed by atoms with Gasteiger partial charge in [0.1, 0.15) is 10.6 Å². The normalized spacial score (nSPS) is 11.6. The van der Waals surface area contributed by atoms with E-state index in [4.69, 9.17) is 0 Å². The molecule has 0 saturated carbocycles. The van der Waals surface area contributed by atoms with Gasteiger partial charge < -0.3 is 5.32 Å². The SMILES string of the molecule is Cc1cc2c(NCCS(=O)(=O)c3ccccc3)nc(-c3ccccc3)nc2s1. The van der Waals surface area contributed by atoms with Crippen molar-refractivity contribution in [2.75, 3.05) is 17.6 Å². The number of rotatable bonds is 6. The first-order chi connectivity index (χ1) is 13.5. The fourth-order valence-electron chi connectivity index (χ4n) is 2.94. The zero-order chi connectivity index (χ0) is 19.6. The summed E-state index contributed by atoms with van der Waals surface area (Å²) in [6.07, 6.45) is 0. The highest BCUT2D eigenvalue weighted by Gasteiger charge is 2.15. The summed E-state index contributed by atoms with van der Waals surface area (Å²) in [6, 6.07) is 20.3. The van der Waals surface area contributed by atoms with Gasteiger partial charge in [0.05, 0.1) is 16.0 Å². The Balaban J connectivity index is 1.61. The Morgan fingerprint density at radius 1 is 0.964 bits per heavy atom. The third-order valence-corrected chi connectivity index (χ3v) is 6.99. The molecule has 0 aliphatic rings. The van der Waals surface area contributed by atoms with E-state index in [1.165, 1.54) is 0 Å². The van der Waals surface area contributed by atoms with E-state index in [-0.39, 0.29) is 12.3 Å². The van der Waals surface area contributed by atoms with Crippen molar-refractivity contribution >= 4 is 37.2 Å². The van der Waals surface area contributed by atoms with Crippen LogP contribution >= 0.6 is 11.3 Å². The predicted octanol–water partition coefficient (Wildman–Crippen LogP) is 4.55. The molecule has 142 valence electrons. The second-order valence-electron chi connectivity index (χ2n) is 6.40. The van der Waals surface area contributed by atoms with E-state index in [0.717, 1.165) is 20.7 Å². The molecule has 5 nitrogen and oxygen atoms in total. The zero-order valence-corrected chi connectivity index (χ0v) is 16.9. The Bertz CT molecular complexity index is 1200. The number of anilines is 1. The predicted molar refractivity (Wildman–Crippen MR) is 115 cm³/mol. The summed E-state index contributed by atoms with van der Waals surface area (Å²) in [4.78, 5) is 11.7. The van der Waals surface area contributed by atoms with Crippen molar-refractivity contribution in [2.45, 2.75) is 11.8 Å². The highest BCUT2D eigenvalue weighted by Crippen LogP contribution is 2.31. The third-order valence-electron chi connectivity index (χ3n) is 4.31. The fraction of sp³-hybridized carbons (Fsp3) is 0.143. The molecule has 0 amide bonds. The summed E-state index contributed by atoms with van der Waals surface area (Å²) < 4.78 is 25.0. The van der Waals surface area contributed by atoms with Gasteiger partial charge in [0.25, 0.3) is 0 Å². The molecule has 0 unspecified atom stereocenters. The van der Waals surface area contributed by atoms with Crippen LogP contribution < -0.4 is 5.32 Å². The molecule has 28 heavy (non-hydrogen) atoms. The minimum atomic E-state index is -3.34. The zero-order valence-electron chi connectivity index (χ0n) is 15.3. The van der Waals surface area contributed by atoms with E-state index in [0.29, 0.717) is 16.5 Å². The number of aryl methyl sites for hydroxylation is 1. The number of hydrogen-bond acceptors (Lipinski definition) is 6. The smallest absolute Gasteiger partial charge is 0.180 e. The van der Waals surface area contributed by atoms with Gasteiger partial charge in [-0.2, -0.15) is 0 Å². The largest absolute Gasteiger partial charge is 0.368 e. The van der Waals surface area contributed by atoms with E-state index in [2.05, 4.69) is 15.3 Å². The van der Waals surface area contributed by atoms with Gasteiger partial charge in [0.2, 0.25) is 0 Å². The monoisotopic (exact) mass is 409 g/mol. The first-order valence-corrected chi connectivity index (χ1v) is 11.3. The molecule has 4 rings (SSSR count). The Morgan fingerprint density at radius 3 is 2.36 bits per heavy atom. The summed E-state index contributed by atoms with van der Waals surface area (Å²) >= 11 is 1.60. The van der Waals surface area contributed by atoms with Gasteiger partial charge >= 0.3 is 0 Å². The molecule has 2 heterocycles. The minimum Gasteiger partial charge on any atom is -0.368 e. The highest BCUT2D eigenvalue weighted by molar-refractivity contribution is 7.91. The minimum absolute atomic E-state index is 0.00764. The maximum atomic E-state index is 12.5. The topological polar surface area (TPSA) is 72.0 Å². The van der Waals surface area contributed by atoms with E-state index >= 15 is 0 Å². The van der Waals surface area contributed by atoms with Crippen LogP contribution in [0.25, 0.3) is 21.6 Å². The Morgan fingerprint density at radius 2 is 1.64 bits per heavy atom. The summed E-state index contributed by atoms with van der Waals surface area (Å²) in [6.45, 7) is 2.30. The molecule has 0 spiro atoms. The first-order valence-electron chi connectivity index (χ1n) is 8.88. The molecule has 4 aromatic rings. The van der Waals surface area contributed by atoms with Gasteiger partial charge in [-0.25, -0.2) is 18.4 Å². The van der Waals surface area contributed by atoms with Crippen LogP contribution in [0.1, 0.15) is 4.88 Å². The molecular formula is C21H19N3O2S2. The summed E-state index contributed by atoms with van der Waals surface area (Å²) in [5, 5.41) is 4.13. The summed E-state index contributed by atoms with van der Waals surface area (Å²) in [7, 11) is -3.34. The van der Waals surface area contributed by atoms with Gasteiger partial charge in [-0.3, -0.25) is 0 Å². The van der Waals surface area contributed by atoms with Crippen LogP contribution in [0.3, 0.4) is 0 Å². The lowest BCUT2D eigenvalue weighted by atomic mass is 10.2. The van der Waals surface area contributed by atoms with Crippen molar-refractivity contribution in [3.05, 3.63) is 71.6 Å². The van der Waals surface area contributed by atoms with Crippen molar-refractivity contribution in [1.29, 1.82) is 0 Å². The molecule has 0 aliphatic carbocycles. The maximum Gasteiger partial charge on any atom is 0.180 e. The number of benzene rings is 2. The van der Waals surface area contributed by atoms with Crippen LogP contribution in [-0.4, -0.2) is 30.7 Å². The first kappa shape index (κ1) is 18.6. The molecule has 0 atom stereocenters. The van der Waals surface area contributed by atoms with E-state index in [1.54, 1.807) is 41.7 Å². The van der Waals surface area contributed by atoms with Crippen LogP contribution in [-0.2, 0) is 9.84 Å². The average molecular weight is 410 g/mol. The molecule has 1 N–H and O–H groups in total. The van der Waals surface area contributed by atoms with Crippen LogP contribution in [0.15, 0.2) is 71.6 Å². The second-order valence-corrected chi connectivity index (χ2v) is 9.74. The Labute approximate surface area is 168 Å². The second kappa shape index (κ2) is 7.69. The Kier molecular flexibility index (Phi) is 5.11. The molecule has 7 heteroatoms. The van der Waals surface area contributed by atoms with Crippen LogP contribution in [0.5, 0.6) is 0 Å². The van der Waals surface area contributed by atoms with Gasteiger partial charge in [-0.15, -0.1) is 11.3 Å². The van der Waals surface area contributed by atoms with Gasteiger partial charge in [-0.1, -0.05) is 48.5 Å². The summed E-state index contributed by atoms with van der Waals surface area (Å²) in [5.74, 6) is 1.28. The number of aromatic nitrogens is 2. The molecule has 2 aromatic heterocycles. The number of hydrogen-bond donors (Lipinski definition) is 1. The third kappa shape index (κ3) is 3.90. The molecule has 0 fully saturated rings. The number of nitrogens with zero attached hydrogens (tertiary/aromatic N) is 2. The maximum absolute atomic E-state index is 12.5. The average Bonchev–Trinajstić information content (AvgIpc) is 3.09. The Hall–Kier alpha value is -2.77. The fourth-order valence-corrected chi connectivity index (χ4v) is 5.00. The van der Waals surface area contributed by atoms with E-state index in [9.17, 15) is 8.42 Å². The molecule has 0 bridgehead atoms. The van der Waals surface area contributed by atoms with Crippen molar-refractivity contribution in [1.82, 2.24) is 9.97 Å². The van der Waals surface area contributed by atoms with Crippen molar-refractivity contribution in [3.8, 4) is 11.4 Å². The molecule has 0 radical (unpaired) electrons. The number of thiophene rings is 1. The number of sulfone groups is 1. The standard InChI is InChI=1S/C21H19N3O2S2/c1-15-14-18-20(22-12-13-28(25,26)17-10-6-3-7-11-17)23-19(24-21(18)27-15)16-8-4-2-5-9-16/h2-11,14H,12-13H2,1H3,(H,22,23,24). The van der Waals surface area contributed by atoms with E-state index < -0.39 is 9.84 Å². The lowest BCUT2D eigenvalue weighted by Gasteiger charge is -2.10. The highest BCUT2D eigenvalue weighted by atomic mass is 32.2.